The largest absolute Gasteiger partial charge is 0.382 e. The molecular formula is C15H25N5O2. The van der Waals surface area contributed by atoms with Crippen molar-refractivity contribution in [3.63, 3.8) is 0 Å². The molecule has 1 unspecified atom stereocenters. The van der Waals surface area contributed by atoms with Gasteiger partial charge in [-0.1, -0.05) is 0 Å². The molecule has 0 spiro atoms. The Morgan fingerprint density at radius 3 is 2.68 bits per heavy atom. The van der Waals surface area contributed by atoms with E-state index in [1.165, 1.54) is 0 Å². The van der Waals surface area contributed by atoms with Crippen molar-refractivity contribution in [3.8, 4) is 0 Å². The number of likely N-dealkylation sites (tertiary alicyclic amines) is 1. The summed E-state index contributed by atoms with van der Waals surface area (Å²) >= 11 is 0. The van der Waals surface area contributed by atoms with Crippen molar-refractivity contribution in [2.75, 3.05) is 46.3 Å². The first kappa shape index (κ1) is 16.6. The molecule has 2 rings (SSSR count). The molecule has 1 saturated heterocycles. The van der Waals surface area contributed by atoms with Crippen LogP contribution in [0.4, 0.5) is 5.95 Å². The summed E-state index contributed by atoms with van der Waals surface area (Å²) in [6.07, 6.45) is 5.43. The molecule has 1 aliphatic rings. The fourth-order valence-corrected chi connectivity index (χ4v) is 3.00. The summed E-state index contributed by atoms with van der Waals surface area (Å²) < 4.78 is 5.33. The fraction of sp³-hybridized carbons (Fsp3) is 0.667. The van der Waals surface area contributed by atoms with Gasteiger partial charge >= 0.3 is 0 Å². The number of carbonyl (C=O) groups is 1. The van der Waals surface area contributed by atoms with Crippen molar-refractivity contribution < 1.29 is 9.53 Å². The quantitative estimate of drug-likeness (QED) is 0.813. The lowest BCUT2D eigenvalue weighted by molar-refractivity contribution is -0.135. The molecule has 1 aromatic heterocycles. The Balaban J connectivity index is 2.17. The normalized spacial score (nSPS) is 21.8. The van der Waals surface area contributed by atoms with Gasteiger partial charge in [-0.15, -0.1) is 0 Å². The highest BCUT2D eigenvalue weighted by atomic mass is 16.5. The highest BCUT2D eigenvalue weighted by Gasteiger charge is 2.46. The Morgan fingerprint density at radius 2 is 2.14 bits per heavy atom. The number of nitrogens with zero attached hydrogens (tertiary/aromatic N) is 4. The Kier molecular flexibility index (Phi) is 5.31. The minimum absolute atomic E-state index is 0.0117. The zero-order valence-electron chi connectivity index (χ0n) is 13.8. The number of methoxy groups -OCH3 is 1. The maximum Gasteiger partial charge on any atom is 0.242 e. The molecule has 1 amide bonds. The molecule has 1 N–H and O–H groups in total. The lowest BCUT2D eigenvalue weighted by Gasteiger charge is -2.36. The van der Waals surface area contributed by atoms with E-state index < -0.39 is 5.54 Å². The van der Waals surface area contributed by atoms with Gasteiger partial charge in [0, 0.05) is 52.8 Å². The average molecular weight is 307 g/mol. The highest BCUT2D eigenvalue weighted by Crippen LogP contribution is 2.31. The van der Waals surface area contributed by atoms with Gasteiger partial charge in [0.2, 0.25) is 11.9 Å². The van der Waals surface area contributed by atoms with Crippen LogP contribution in [0.25, 0.3) is 0 Å². The third kappa shape index (κ3) is 3.20. The van der Waals surface area contributed by atoms with Crippen LogP contribution in [0.1, 0.15) is 18.4 Å². The van der Waals surface area contributed by atoms with Gasteiger partial charge in [0.05, 0.1) is 6.61 Å². The first-order valence-electron chi connectivity index (χ1n) is 7.48. The second kappa shape index (κ2) is 7.02. The summed E-state index contributed by atoms with van der Waals surface area (Å²) in [4.78, 5) is 25.1. The van der Waals surface area contributed by atoms with Gasteiger partial charge in [0.1, 0.15) is 5.54 Å². The molecule has 0 saturated carbocycles. The molecule has 1 aliphatic heterocycles. The molecule has 0 bridgehead atoms. The van der Waals surface area contributed by atoms with Gasteiger partial charge in [-0.05, 0) is 19.4 Å². The van der Waals surface area contributed by atoms with Crippen LogP contribution in [-0.2, 0) is 16.1 Å². The van der Waals surface area contributed by atoms with Crippen LogP contribution >= 0.6 is 0 Å². The van der Waals surface area contributed by atoms with Crippen molar-refractivity contribution >= 4 is 11.9 Å². The minimum Gasteiger partial charge on any atom is -0.382 e. The van der Waals surface area contributed by atoms with E-state index in [0.717, 1.165) is 24.9 Å². The van der Waals surface area contributed by atoms with Crippen LogP contribution in [0.5, 0.6) is 0 Å². The molecule has 0 radical (unpaired) electrons. The van der Waals surface area contributed by atoms with Crippen molar-refractivity contribution in [1.29, 1.82) is 0 Å². The van der Waals surface area contributed by atoms with Gasteiger partial charge in [-0.25, -0.2) is 9.97 Å². The van der Waals surface area contributed by atoms with E-state index in [-0.39, 0.29) is 5.91 Å². The van der Waals surface area contributed by atoms with Crippen molar-refractivity contribution in [1.82, 2.24) is 20.2 Å². The van der Waals surface area contributed by atoms with E-state index >= 15 is 0 Å². The van der Waals surface area contributed by atoms with Gasteiger partial charge in [-0.3, -0.25) is 9.69 Å². The molecule has 0 aromatic carbocycles. The van der Waals surface area contributed by atoms with Crippen LogP contribution in [0.2, 0.25) is 0 Å². The standard InChI is InChI=1S/C15H25N5O2/c1-16-13(21)15(11-22-4)6-5-7-20(15)10-12-8-17-14(18-9-12)19(2)3/h8-9H,5-7,10-11H2,1-4H3,(H,16,21). The molecule has 22 heavy (non-hydrogen) atoms. The van der Waals surface area contributed by atoms with Crippen LogP contribution in [0.3, 0.4) is 0 Å². The van der Waals surface area contributed by atoms with Gasteiger partial charge in [0.15, 0.2) is 0 Å². The Hall–Kier alpha value is -1.73. The molecule has 1 atom stereocenters. The lowest BCUT2D eigenvalue weighted by Crippen LogP contribution is -2.57. The van der Waals surface area contributed by atoms with E-state index in [2.05, 4.69) is 20.2 Å². The van der Waals surface area contributed by atoms with Gasteiger partial charge in [0.25, 0.3) is 0 Å². The number of rotatable bonds is 6. The SMILES string of the molecule is CNC(=O)C1(COC)CCCN1Cc1cnc(N(C)C)nc1. The number of likely N-dealkylation sites (N-methyl/N-ethyl adjacent to an activating group) is 1. The van der Waals surface area contributed by atoms with Crippen LogP contribution in [0, 0.1) is 0 Å². The molecule has 7 nitrogen and oxygen atoms in total. The number of amides is 1. The number of carbonyl (C=O) groups excluding carboxylic acids is 1. The van der Waals surface area contributed by atoms with E-state index in [0.29, 0.717) is 19.1 Å². The van der Waals surface area contributed by atoms with E-state index in [1.807, 2.05) is 31.4 Å². The number of nitrogens with one attached hydrogen (secondary N) is 1. The molecule has 7 heteroatoms. The maximum atomic E-state index is 12.4. The number of ether oxygens (including phenoxy) is 1. The Labute approximate surface area is 131 Å². The van der Waals surface area contributed by atoms with Crippen molar-refractivity contribution in [3.05, 3.63) is 18.0 Å². The predicted octanol–water partition coefficient (Wildman–Crippen LogP) is 0.270. The number of hydrogen-bond acceptors (Lipinski definition) is 6. The summed E-state index contributed by atoms with van der Waals surface area (Å²) in [7, 11) is 7.12. The van der Waals surface area contributed by atoms with Crippen LogP contribution in [-0.4, -0.2) is 67.7 Å². The summed E-state index contributed by atoms with van der Waals surface area (Å²) in [6.45, 7) is 1.90. The van der Waals surface area contributed by atoms with Crippen LogP contribution in [0.15, 0.2) is 12.4 Å². The topological polar surface area (TPSA) is 70.6 Å². The molecule has 0 aliphatic carbocycles. The number of anilines is 1. The van der Waals surface area contributed by atoms with E-state index in [4.69, 9.17) is 4.74 Å². The fourth-order valence-electron chi connectivity index (χ4n) is 3.00. The Bertz CT molecular complexity index is 505. The Morgan fingerprint density at radius 1 is 1.45 bits per heavy atom. The molecule has 2 heterocycles. The van der Waals surface area contributed by atoms with Gasteiger partial charge in [-0.2, -0.15) is 0 Å². The number of aromatic nitrogens is 2. The third-order valence-corrected chi connectivity index (χ3v) is 4.12. The molecule has 1 fully saturated rings. The summed E-state index contributed by atoms with van der Waals surface area (Å²) in [5.41, 5.74) is 0.404. The van der Waals surface area contributed by atoms with Crippen LogP contribution < -0.4 is 10.2 Å². The average Bonchev–Trinajstić information content (AvgIpc) is 2.91. The van der Waals surface area contributed by atoms with E-state index in [1.54, 1.807) is 14.2 Å². The zero-order valence-corrected chi connectivity index (χ0v) is 13.8. The van der Waals surface area contributed by atoms with E-state index in [9.17, 15) is 4.79 Å². The monoisotopic (exact) mass is 307 g/mol. The summed E-state index contributed by atoms with van der Waals surface area (Å²) in [5, 5.41) is 2.77. The lowest BCUT2D eigenvalue weighted by atomic mass is 9.95. The summed E-state index contributed by atoms with van der Waals surface area (Å²) in [6, 6.07) is 0. The molecule has 122 valence electrons. The first-order chi connectivity index (χ1) is 10.5. The zero-order chi connectivity index (χ0) is 16.2. The minimum atomic E-state index is -0.594. The molecule has 1 aromatic rings. The van der Waals surface area contributed by atoms with Gasteiger partial charge < -0.3 is 15.0 Å². The summed E-state index contributed by atoms with van der Waals surface area (Å²) in [5.74, 6) is 0.692. The third-order valence-electron chi connectivity index (χ3n) is 4.12. The predicted molar refractivity (Wildman–Crippen MR) is 84.7 cm³/mol. The maximum absolute atomic E-state index is 12.4. The second-order valence-corrected chi connectivity index (χ2v) is 5.85. The number of hydrogen-bond donors (Lipinski definition) is 1. The first-order valence-corrected chi connectivity index (χ1v) is 7.48. The second-order valence-electron chi connectivity index (χ2n) is 5.85. The highest BCUT2D eigenvalue weighted by molar-refractivity contribution is 5.86. The van der Waals surface area contributed by atoms with Crippen molar-refractivity contribution in [2.45, 2.75) is 24.9 Å². The smallest absolute Gasteiger partial charge is 0.242 e. The molecular weight excluding hydrogens is 282 g/mol. The van der Waals surface area contributed by atoms with Crippen molar-refractivity contribution in [2.24, 2.45) is 0 Å².